The molecule has 2 aromatic rings. The van der Waals surface area contributed by atoms with Gasteiger partial charge >= 0.3 is 6.18 Å². The average molecular weight is 547 g/mol. The molecule has 2 aliphatic rings. The highest BCUT2D eigenvalue weighted by atomic mass is 32.2. The van der Waals surface area contributed by atoms with Crippen molar-refractivity contribution in [3.63, 3.8) is 0 Å². The van der Waals surface area contributed by atoms with Crippen molar-refractivity contribution in [1.82, 2.24) is 4.31 Å². The molecule has 12 heteroatoms. The fourth-order valence-electron chi connectivity index (χ4n) is 4.85. The van der Waals surface area contributed by atoms with E-state index >= 15 is 0 Å². The van der Waals surface area contributed by atoms with Gasteiger partial charge in [0.1, 0.15) is 16.3 Å². The first-order valence-corrected chi connectivity index (χ1v) is 13.3. The lowest BCUT2D eigenvalue weighted by molar-refractivity contribution is -0.137. The molecule has 0 bridgehead atoms. The molecule has 4 rings (SSSR count). The van der Waals surface area contributed by atoms with E-state index in [1.165, 1.54) is 37.4 Å². The molecule has 2 heterocycles. The Bertz CT molecular complexity index is 1180. The summed E-state index contributed by atoms with van der Waals surface area (Å²) in [5.74, 6) is -0.479. The number of anilines is 1. The molecule has 2 aliphatic heterocycles. The van der Waals surface area contributed by atoms with Crippen molar-refractivity contribution in [2.24, 2.45) is 0 Å². The van der Waals surface area contributed by atoms with Crippen LogP contribution >= 0.6 is 0 Å². The minimum absolute atomic E-state index is 0.0698. The van der Waals surface area contributed by atoms with Crippen LogP contribution in [0.5, 0.6) is 0 Å². The van der Waals surface area contributed by atoms with Crippen LogP contribution in [0.2, 0.25) is 0 Å². The number of alkyl halides is 3. The van der Waals surface area contributed by atoms with Gasteiger partial charge in [0, 0.05) is 46.9 Å². The second-order valence-electron chi connectivity index (χ2n) is 9.31. The molecule has 0 spiro atoms. The van der Waals surface area contributed by atoms with Gasteiger partial charge < -0.3 is 19.1 Å². The van der Waals surface area contributed by atoms with Crippen molar-refractivity contribution in [2.45, 2.75) is 35.6 Å². The number of hydrogen-bond acceptors (Lipinski definition) is 6. The third kappa shape index (κ3) is 5.93. The van der Waals surface area contributed by atoms with E-state index in [1.807, 2.05) is 0 Å². The zero-order chi connectivity index (χ0) is 26.8. The Kier molecular flexibility index (Phi) is 8.15. The summed E-state index contributed by atoms with van der Waals surface area (Å²) in [7, 11) is -1.33. The fourth-order valence-corrected chi connectivity index (χ4v) is 6.75. The van der Waals surface area contributed by atoms with Gasteiger partial charge in [-0.05, 0) is 42.3 Å². The predicted octanol–water partition coefficient (Wildman–Crippen LogP) is 4.24. The van der Waals surface area contributed by atoms with E-state index < -0.39 is 44.1 Å². The van der Waals surface area contributed by atoms with Crippen LogP contribution in [-0.4, -0.2) is 72.0 Å². The zero-order valence-corrected chi connectivity index (χ0v) is 21.4. The minimum Gasteiger partial charge on any atom is -0.380 e. The number of halogens is 4. The van der Waals surface area contributed by atoms with Crippen LogP contribution in [0, 0.1) is 5.82 Å². The smallest absolute Gasteiger partial charge is 0.380 e. The molecule has 0 aliphatic carbocycles. The molecule has 0 N–H and O–H groups in total. The van der Waals surface area contributed by atoms with Gasteiger partial charge in [-0.15, -0.1) is 0 Å². The Balaban J connectivity index is 1.80. The van der Waals surface area contributed by atoms with Gasteiger partial charge in [-0.25, -0.2) is 12.8 Å². The first kappa shape index (κ1) is 27.8. The van der Waals surface area contributed by atoms with E-state index in [0.717, 1.165) is 10.4 Å². The highest BCUT2D eigenvalue weighted by Crippen LogP contribution is 2.39. The summed E-state index contributed by atoms with van der Waals surface area (Å²) in [6.07, 6.45) is -3.92. The molecule has 2 unspecified atom stereocenters. The zero-order valence-electron chi connectivity index (χ0n) is 20.6. The Hall–Kier alpha value is -2.25. The molecule has 0 aromatic heterocycles. The van der Waals surface area contributed by atoms with Crippen LogP contribution in [0.4, 0.5) is 23.2 Å². The number of likely N-dealkylation sites (N-methyl/N-ethyl adjacent to an activating group) is 1. The number of nitrogens with zero attached hydrogens (tertiary/aromatic N) is 2. The highest BCUT2D eigenvalue weighted by molar-refractivity contribution is 7.89. The summed E-state index contributed by atoms with van der Waals surface area (Å²) in [6, 6.07) is 7.40. The van der Waals surface area contributed by atoms with Crippen molar-refractivity contribution < 1.29 is 40.2 Å². The monoisotopic (exact) mass is 546 g/mol. The van der Waals surface area contributed by atoms with E-state index in [-0.39, 0.29) is 45.0 Å². The molecule has 37 heavy (non-hydrogen) atoms. The Morgan fingerprint density at radius 3 is 2.46 bits per heavy atom. The lowest BCUT2D eigenvalue weighted by atomic mass is 10.0. The van der Waals surface area contributed by atoms with Crippen LogP contribution in [0.3, 0.4) is 0 Å². The van der Waals surface area contributed by atoms with Gasteiger partial charge in [0.2, 0.25) is 10.0 Å². The SMILES string of the molecule is COC1(CN(C)c2ccc(C(F)(F)F)cc2S(=O)(=O)N2CCOCCC2c2ccc(F)cc2)CCOC1. The Morgan fingerprint density at radius 2 is 1.84 bits per heavy atom. The van der Waals surface area contributed by atoms with E-state index in [4.69, 9.17) is 14.2 Å². The number of ether oxygens (including phenoxy) is 3. The third-order valence-electron chi connectivity index (χ3n) is 6.90. The number of hydrogen-bond donors (Lipinski definition) is 0. The van der Waals surface area contributed by atoms with Gasteiger partial charge in [0.05, 0.1) is 30.5 Å². The van der Waals surface area contributed by atoms with Crippen molar-refractivity contribution in [3.05, 3.63) is 59.4 Å². The van der Waals surface area contributed by atoms with E-state index in [1.54, 1.807) is 11.9 Å². The minimum atomic E-state index is -4.74. The third-order valence-corrected chi connectivity index (χ3v) is 8.84. The molecule has 2 saturated heterocycles. The molecule has 7 nitrogen and oxygen atoms in total. The Labute approximate surface area is 214 Å². The lowest BCUT2D eigenvalue weighted by Gasteiger charge is -2.35. The molecular weight excluding hydrogens is 516 g/mol. The maximum Gasteiger partial charge on any atom is 0.416 e. The van der Waals surface area contributed by atoms with Gasteiger partial charge in [-0.1, -0.05) is 12.1 Å². The van der Waals surface area contributed by atoms with E-state index in [0.29, 0.717) is 24.7 Å². The van der Waals surface area contributed by atoms with Gasteiger partial charge in [0.25, 0.3) is 0 Å². The quantitative estimate of drug-likeness (QED) is 0.484. The first-order valence-electron chi connectivity index (χ1n) is 11.9. The predicted molar refractivity (Wildman–Crippen MR) is 128 cm³/mol. The molecule has 0 amide bonds. The summed E-state index contributed by atoms with van der Waals surface area (Å²) in [4.78, 5) is 1.12. The van der Waals surface area contributed by atoms with Crippen LogP contribution in [0.25, 0.3) is 0 Å². The Morgan fingerprint density at radius 1 is 1.11 bits per heavy atom. The average Bonchev–Trinajstić information content (AvgIpc) is 3.18. The first-order chi connectivity index (χ1) is 17.5. The van der Waals surface area contributed by atoms with Crippen molar-refractivity contribution >= 4 is 15.7 Å². The molecule has 0 radical (unpaired) electrons. The second kappa shape index (κ2) is 10.9. The maximum absolute atomic E-state index is 14.1. The normalized spacial score (nSPS) is 23.7. The highest BCUT2D eigenvalue weighted by Gasteiger charge is 2.41. The molecule has 2 atom stereocenters. The maximum atomic E-state index is 14.1. The summed E-state index contributed by atoms with van der Waals surface area (Å²) in [5, 5.41) is 0. The summed E-state index contributed by atoms with van der Waals surface area (Å²) in [6.45, 7) is 1.21. The molecule has 204 valence electrons. The van der Waals surface area contributed by atoms with Crippen molar-refractivity contribution in [1.29, 1.82) is 0 Å². The van der Waals surface area contributed by atoms with Crippen molar-refractivity contribution in [3.8, 4) is 0 Å². The topological polar surface area (TPSA) is 68.3 Å². The second-order valence-corrected chi connectivity index (χ2v) is 11.2. The van der Waals surface area contributed by atoms with E-state index in [9.17, 15) is 26.0 Å². The molecular formula is C25H30F4N2O5S. The van der Waals surface area contributed by atoms with Gasteiger partial charge in [-0.2, -0.15) is 17.5 Å². The van der Waals surface area contributed by atoms with Crippen LogP contribution in [0.1, 0.15) is 30.0 Å². The molecule has 2 aromatic carbocycles. The largest absolute Gasteiger partial charge is 0.416 e. The number of sulfonamides is 1. The van der Waals surface area contributed by atoms with E-state index in [2.05, 4.69) is 0 Å². The lowest BCUT2D eigenvalue weighted by Crippen LogP contribution is -2.44. The fraction of sp³-hybridized carbons (Fsp3) is 0.520. The number of methoxy groups -OCH3 is 1. The van der Waals surface area contributed by atoms with Crippen LogP contribution < -0.4 is 4.90 Å². The standard InChI is InChI=1S/C25H30F4N2O5S/c1-30(16-24(34-2)10-13-36-17-24)22-8-5-19(25(27,28)29)15-23(22)37(32,33)31-11-14-35-12-9-21(31)18-3-6-20(26)7-4-18/h3-8,15,21H,9-14,16-17H2,1-2H3. The number of rotatable bonds is 7. The number of benzene rings is 2. The van der Waals surface area contributed by atoms with Gasteiger partial charge in [0.15, 0.2) is 0 Å². The summed E-state index contributed by atoms with van der Waals surface area (Å²) >= 11 is 0. The van der Waals surface area contributed by atoms with Crippen LogP contribution in [0.15, 0.2) is 47.4 Å². The molecule has 2 fully saturated rings. The summed E-state index contributed by atoms with van der Waals surface area (Å²) < 4.78 is 101. The van der Waals surface area contributed by atoms with Gasteiger partial charge in [-0.3, -0.25) is 0 Å². The van der Waals surface area contributed by atoms with Crippen molar-refractivity contribution in [2.75, 3.05) is 58.6 Å². The van der Waals surface area contributed by atoms with Crippen LogP contribution in [-0.2, 0) is 30.4 Å². The summed E-state index contributed by atoms with van der Waals surface area (Å²) in [5.41, 5.74) is -1.15. The molecule has 0 saturated carbocycles.